The van der Waals surface area contributed by atoms with Crippen LogP contribution in [0.2, 0.25) is 0 Å². The smallest absolute Gasteiger partial charge is 0.0457 e. The fraction of sp³-hybridized carbons (Fsp3) is 0.222. The number of rotatable bonds is 7. The van der Waals surface area contributed by atoms with E-state index in [4.69, 9.17) is 5.11 Å². The summed E-state index contributed by atoms with van der Waals surface area (Å²) in [5.41, 5.74) is 3.59. The van der Waals surface area contributed by atoms with Crippen LogP contribution in [0.15, 0.2) is 59.6 Å². The summed E-state index contributed by atoms with van der Waals surface area (Å²) in [7, 11) is 0. The Kier molecular flexibility index (Phi) is 5.03. The van der Waals surface area contributed by atoms with Crippen molar-refractivity contribution in [2.45, 2.75) is 17.9 Å². The molecule has 0 bridgehead atoms. The number of hydrogen-bond donors (Lipinski definition) is 3. The van der Waals surface area contributed by atoms with Gasteiger partial charge in [0.25, 0.3) is 0 Å². The first-order valence-electron chi connectivity index (χ1n) is 7.49. The molecule has 22 heavy (non-hydrogen) atoms. The van der Waals surface area contributed by atoms with Gasteiger partial charge in [-0.25, -0.2) is 0 Å². The lowest BCUT2D eigenvalue weighted by Gasteiger charge is -2.09. The molecule has 0 unspecified atom stereocenters. The van der Waals surface area contributed by atoms with Crippen LogP contribution >= 0.6 is 11.8 Å². The summed E-state index contributed by atoms with van der Waals surface area (Å²) in [6, 6.07) is 16.9. The highest BCUT2D eigenvalue weighted by Crippen LogP contribution is 2.22. The van der Waals surface area contributed by atoms with Gasteiger partial charge in [0, 0.05) is 46.6 Å². The number of fused-ring (bicyclic) bond motifs is 1. The van der Waals surface area contributed by atoms with Gasteiger partial charge in [-0.15, -0.1) is 11.8 Å². The van der Waals surface area contributed by atoms with E-state index in [-0.39, 0.29) is 6.61 Å². The Hall–Kier alpha value is -1.91. The molecule has 0 radical (unpaired) electrons. The standard InChI is InChI=1S/C18H20N2OS/c21-11-2-12-22-16-7-5-15(6-8-16)20-13-14-3-1-4-18-17(14)9-10-19-18/h1,3-10,19-21H,2,11-13H2. The predicted molar refractivity (Wildman–Crippen MR) is 94.5 cm³/mol. The Labute approximate surface area is 134 Å². The number of anilines is 1. The van der Waals surface area contributed by atoms with E-state index in [0.717, 1.165) is 24.4 Å². The van der Waals surface area contributed by atoms with Gasteiger partial charge in [-0.3, -0.25) is 0 Å². The first-order valence-corrected chi connectivity index (χ1v) is 8.48. The molecule has 4 heteroatoms. The highest BCUT2D eigenvalue weighted by atomic mass is 32.2. The Bertz CT molecular complexity index is 721. The van der Waals surface area contributed by atoms with Gasteiger partial charge < -0.3 is 15.4 Å². The zero-order chi connectivity index (χ0) is 15.2. The molecule has 0 saturated carbocycles. The highest BCUT2D eigenvalue weighted by molar-refractivity contribution is 7.99. The largest absolute Gasteiger partial charge is 0.396 e. The van der Waals surface area contributed by atoms with Crippen LogP contribution in [0.25, 0.3) is 10.9 Å². The van der Waals surface area contributed by atoms with Gasteiger partial charge in [-0.2, -0.15) is 0 Å². The van der Waals surface area contributed by atoms with Crippen LogP contribution in [0.5, 0.6) is 0 Å². The van der Waals surface area contributed by atoms with Crippen LogP contribution < -0.4 is 5.32 Å². The Morgan fingerprint density at radius 2 is 1.91 bits per heavy atom. The molecule has 0 atom stereocenters. The van der Waals surface area contributed by atoms with E-state index < -0.39 is 0 Å². The molecule has 0 fully saturated rings. The summed E-state index contributed by atoms with van der Waals surface area (Å²) in [4.78, 5) is 4.48. The summed E-state index contributed by atoms with van der Waals surface area (Å²) < 4.78 is 0. The molecule has 3 aromatic rings. The van der Waals surface area contributed by atoms with E-state index in [1.54, 1.807) is 11.8 Å². The molecule has 0 amide bonds. The number of aromatic amines is 1. The molecule has 0 aliphatic heterocycles. The molecule has 1 heterocycles. The average molecular weight is 312 g/mol. The summed E-state index contributed by atoms with van der Waals surface area (Å²) in [5, 5.41) is 13.5. The Balaban J connectivity index is 1.60. The summed E-state index contributed by atoms with van der Waals surface area (Å²) in [6.45, 7) is 1.07. The van der Waals surface area contributed by atoms with E-state index in [0.29, 0.717) is 0 Å². The van der Waals surface area contributed by atoms with Gasteiger partial charge in [-0.1, -0.05) is 12.1 Å². The monoisotopic (exact) mass is 312 g/mol. The minimum Gasteiger partial charge on any atom is -0.396 e. The summed E-state index contributed by atoms with van der Waals surface area (Å²) >= 11 is 1.78. The van der Waals surface area contributed by atoms with E-state index >= 15 is 0 Å². The lowest BCUT2D eigenvalue weighted by Crippen LogP contribution is -1.99. The zero-order valence-corrected chi connectivity index (χ0v) is 13.2. The topological polar surface area (TPSA) is 48.0 Å². The second kappa shape index (κ2) is 7.38. The van der Waals surface area contributed by atoms with Gasteiger partial charge >= 0.3 is 0 Å². The zero-order valence-electron chi connectivity index (χ0n) is 12.4. The van der Waals surface area contributed by atoms with Gasteiger partial charge in [0.1, 0.15) is 0 Å². The van der Waals surface area contributed by atoms with Gasteiger partial charge in [-0.05, 0) is 48.4 Å². The van der Waals surface area contributed by atoms with Crippen molar-refractivity contribution in [3.05, 3.63) is 60.3 Å². The van der Waals surface area contributed by atoms with Crippen molar-refractivity contribution in [3.8, 4) is 0 Å². The maximum Gasteiger partial charge on any atom is 0.0457 e. The molecule has 3 nitrogen and oxygen atoms in total. The fourth-order valence-electron chi connectivity index (χ4n) is 2.43. The third-order valence-corrected chi connectivity index (χ3v) is 4.69. The van der Waals surface area contributed by atoms with Crippen LogP contribution in [-0.4, -0.2) is 22.5 Å². The lowest BCUT2D eigenvalue weighted by atomic mass is 10.1. The molecule has 0 saturated heterocycles. The van der Waals surface area contributed by atoms with Crippen molar-refractivity contribution < 1.29 is 5.11 Å². The van der Waals surface area contributed by atoms with Crippen LogP contribution in [0, 0.1) is 0 Å². The molecule has 114 valence electrons. The Morgan fingerprint density at radius 1 is 1.05 bits per heavy atom. The number of aromatic nitrogens is 1. The van der Waals surface area contributed by atoms with E-state index in [1.165, 1.54) is 21.4 Å². The van der Waals surface area contributed by atoms with Crippen molar-refractivity contribution in [1.82, 2.24) is 4.98 Å². The van der Waals surface area contributed by atoms with Crippen molar-refractivity contribution in [1.29, 1.82) is 0 Å². The van der Waals surface area contributed by atoms with Crippen molar-refractivity contribution >= 4 is 28.4 Å². The molecular formula is C18H20N2OS. The lowest BCUT2D eigenvalue weighted by molar-refractivity contribution is 0.296. The number of aliphatic hydroxyl groups excluding tert-OH is 1. The third kappa shape index (κ3) is 3.64. The van der Waals surface area contributed by atoms with Crippen LogP contribution in [-0.2, 0) is 6.54 Å². The number of nitrogens with one attached hydrogen (secondary N) is 2. The maximum atomic E-state index is 8.80. The first kappa shape index (κ1) is 15.0. The van der Waals surface area contributed by atoms with E-state index in [1.807, 2.05) is 6.20 Å². The number of thioether (sulfide) groups is 1. The van der Waals surface area contributed by atoms with Gasteiger partial charge in [0.2, 0.25) is 0 Å². The van der Waals surface area contributed by atoms with Gasteiger partial charge in [0.05, 0.1) is 0 Å². The minimum absolute atomic E-state index is 0.261. The quantitative estimate of drug-likeness (QED) is 0.451. The first-order chi connectivity index (χ1) is 10.9. The third-order valence-electron chi connectivity index (χ3n) is 3.59. The molecule has 3 rings (SSSR count). The SMILES string of the molecule is OCCCSc1ccc(NCc2cccc3[nH]ccc23)cc1. The van der Waals surface area contributed by atoms with Crippen LogP contribution in [0.4, 0.5) is 5.69 Å². The summed E-state index contributed by atoms with van der Waals surface area (Å²) in [5.74, 6) is 0.957. The number of H-pyrrole nitrogens is 1. The molecule has 0 aliphatic carbocycles. The molecule has 1 aromatic heterocycles. The normalized spacial score (nSPS) is 11.0. The van der Waals surface area contributed by atoms with E-state index in [9.17, 15) is 0 Å². The maximum absolute atomic E-state index is 8.80. The molecule has 3 N–H and O–H groups in total. The number of benzene rings is 2. The fourth-order valence-corrected chi connectivity index (χ4v) is 3.26. The highest BCUT2D eigenvalue weighted by Gasteiger charge is 2.01. The predicted octanol–water partition coefficient (Wildman–Crippen LogP) is 4.25. The number of hydrogen-bond acceptors (Lipinski definition) is 3. The van der Waals surface area contributed by atoms with Crippen molar-refractivity contribution in [2.24, 2.45) is 0 Å². The molecule has 2 aromatic carbocycles. The van der Waals surface area contributed by atoms with E-state index in [2.05, 4.69) is 58.8 Å². The molecule has 0 spiro atoms. The van der Waals surface area contributed by atoms with Gasteiger partial charge in [0.15, 0.2) is 0 Å². The second-order valence-corrected chi connectivity index (χ2v) is 6.33. The second-order valence-electron chi connectivity index (χ2n) is 5.16. The van der Waals surface area contributed by atoms with Crippen LogP contribution in [0.3, 0.4) is 0 Å². The number of aliphatic hydroxyl groups is 1. The van der Waals surface area contributed by atoms with Crippen molar-refractivity contribution in [2.75, 3.05) is 17.7 Å². The average Bonchev–Trinajstić information content (AvgIpc) is 3.03. The van der Waals surface area contributed by atoms with Crippen LogP contribution in [0.1, 0.15) is 12.0 Å². The minimum atomic E-state index is 0.261. The molecular weight excluding hydrogens is 292 g/mol. The molecule has 0 aliphatic rings. The summed E-state index contributed by atoms with van der Waals surface area (Å²) in [6.07, 6.45) is 2.82. The van der Waals surface area contributed by atoms with Crippen molar-refractivity contribution in [3.63, 3.8) is 0 Å². The Morgan fingerprint density at radius 3 is 2.73 bits per heavy atom.